The standard InChI is InChI=1S/C13H22F3NO3/c1-9(2)17-12(11(18)19)5-3-4-10(8-12)20-7-6-13(14,15)16/h9-10,17H,3-8H2,1-2H3,(H,18,19). The summed E-state index contributed by atoms with van der Waals surface area (Å²) >= 11 is 0. The summed E-state index contributed by atoms with van der Waals surface area (Å²) in [4.78, 5) is 11.5. The molecule has 2 unspecified atom stereocenters. The highest BCUT2D eigenvalue weighted by Crippen LogP contribution is 2.31. The summed E-state index contributed by atoms with van der Waals surface area (Å²) in [5, 5.41) is 12.4. The lowest BCUT2D eigenvalue weighted by Gasteiger charge is -2.39. The molecule has 0 bridgehead atoms. The number of halogens is 3. The van der Waals surface area contributed by atoms with Crippen LogP contribution < -0.4 is 5.32 Å². The zero-order chi connectivity index (χ0) is 15.4. The van der Waals surface area contributed by atoms with Crippen LogP contribution in [0.25, 0.3) is 0 Å². The van der Waals surface area contributed by atoms with Gasteiger partial charge >= 0.3 is 12.1 Å². The first kappa shape index (κ1) is 17.2. The Morgan fingerprint density at radius 2 is 2.15 bits per heavy atom. The molecule has 7 heteroatoms. The minimum atomic E-state index is -4.24. The fourth-order valence-electron chi connectivity index (χ4n) is 2.65. The van der Waals surface area contributed by atoms with Gasteiger partial charge in [0.25, 0.3) is 0 Å². The van der Waals surface area contributed by atoms with Crippen LogP contribution in [-0.4, -0.2) is 41.5 Å². The van der Waals surface area contributed by atoms with E-state index in [1.807, 2.05) is 13.8 Å². The zero-order valence-electron chi connectivity index (χ0n) is 11.8. The first-order valence-electron chi connectivity index (χ1n) is 6.84. The van der Waals surface area contributed by atoms with Crippen LogP contribution in [0, 0.1) is 0 Å². The van der Waals surface area contributed by atoms with E-state index >= 15 is 0 Å². The second-order valence-corrected chi connectivity index (χ2v) is 5.64. The van der Waals surface area contributed by atoms with Crippen molar-refractivity contribution in [2.45, 2.75) is 69.8 Å². The predicted molar refractivity (Wildman–Crippen MR) is 67.5 cm³/mol. The van der Waals surface area contributed by atoms with Crippen LogP contribution in [0.3, 0.4) is 0 Å². The van der Waals surface area contributed by atoms with Gasteiger partial charge in [-0.05, 0) is 33.1 Å². The van der Waals surface area contributed by atoms with Crippen molar-refractivity contribution in [1.82, 2.24) is 5.32 Å². The van der Waals surface area contributed by atoms with Crippen molar-refractivity contribution in [3.05, 3.63) is 0 Å². The van der Waals surface area contributed by atoms with E-state index in [0.717, 1.165) is 0 Å². The van der Waals surface area contributed by atoms with Crippen molar-refractivity contribution in [1.29, 1.82) is 0 Å². The summed E-state index contributed by atoms with van der Waals surface area (Å²) in [6, 6.07) is -0.0139. The molecule has 1 aliphatic carbocycles. The van der Waals surface area contributed by atoms with E-state index in [-0.39, 0.29) is 12.5 Å². The molecule has 118 valence electrons. The van der Waals surface area contributed by atoms with Crippen molar-refractivity contribution >= 4 is 5.97 Å². The normalized spacial score (nSPS) is 27.8. The van der Waals surface area contributed by atoms with E-state index in [1.54, 1.807) is 0 Å². The molecular weight excluding hydrogens is 275 g/mol. The number of aliphatic carboxylic acids is 1. The highest BCUT2D eigenvalue weighted by molar-refractivity contribution is 5.79. The molecule has 0 aliphatic heterocycles. The number of ether oxygens (including phenoxy) is 1. The van der Waals surface area contributed by atoms with Gasteiger partial charge in [-0.25, -0.2) is 0 Å². The highest BCUT2D eigenvalue weighted by atomic mass is 19.4. The second kappa shape index (κ2) is 6.76. The molecule has 0 aromatic heterocycles. The van der Waals surface area contributed by atoms with E-state index in [1.165, 1.54) is 0 Å². The number of hydrogen-bond donors (Lipinski definition) is 2. The molecule has 2 N–H and O–H groups in total. The van der Waals surface area contributed by atoms with Gasteiger partial charge < -0.3 is 9.84 Å². The van der Waals surface area contributed by atoms with Crippen LogP contribution in [0.2, 0.25) is 0 Å². The van der Waals surface area contributed by atoms with Crippen LogP contribution >= 0.6 is 0 Å². The van der Waals surface area contributed by atoms with Gasteiger partial charge in [0.1, 0.15) is 5.54 Å². The molecule has 0 amide bonds. The molecule has 0 aromatic carbocycles. The first-order valence-corrected chi connectivity index (χ1v) is 6.84. The minimum Gasteiger partial charge on any atom is -0.480 e. The number of carbonyl (C=O) groups is 1. The summed E-state index contributed by atoms with van der Waals surface area (Å²) in [5.74, 6) is -0.963. The maximum absolute atomic E-state index is 12.1. The third-order valence-electron chi connectivity index (χ3n) is 3.42. The molecule has 0 heterocycles. The lowest BCUT2D eigenvalue weighted by atomic mass is 9.79. The van der Waals surface area contributed by atoms with E-state index in [0.29, 0.717) is 19.3 Å². The Morgan fingerprint density at radius 1 is 1.50 bits per heavy atom. The Bertz CT molecular complexity index is 333. The number of nitrogens with one attached hydrogen (secondary N) is 1. The van der Waals surface area contributed by atoms with Gasteiger partial charge in [0, 0.05) is 12.5 Å². The van der Waals surface area contributed by atoms with E-state index in [2.05, 4.69) is 5.32 Å². The molecule has 1 rings (SSSR count). The van der Waals surface area contributed by atoms with Gasteiger partial charge in [0.15, 0.2) is 0 Å². The third kappa shape index (κ3) is 5.28. The van der Waals surface area contributed by atoms with Gasteiger partial charge in [-0.2, -0.15) is 13.2 Å². The Balaban J connectivity index is 2.57. The van der Waals surface area contributed by atoms with E-state index < -0.39 is 36.8 Å². The monoisotopic (exact) mass is 297 g/mol. The minimum absolute atomic E-state index is 0.0139. The number of carboxylic acids is 1. The van der Waals surface area contributed by atoms with Gasteiger partial charge in [0.05, 0.1) is 19.1 Å². The lowest BCUT2D eigenvalue weighted by Crippen LogP contribution is -2.58. The highest BCUT2D eigenvalue weighted by Gasteiger charge is 2.43. The number of rotatable bonds is 6. The third-order valence-corrected chi connectivity index (χ3v) is 3.42. The van der Waals surface area contributed by atoms with Crippen LogP contribution in [0.15, 0.2) is 0 Å². The van der Waals surface area contributed by atoms with Gasteiger partial charge in [-0.1, -0.05) is 0 Å². The largest absolute Gasteiger partial charge is 0.480 e. The Labute approximate surface area is 116 Å². The molecular formula is C13H22F3NO3. The molecule has 1 fully saturated rings. The summed E-state index contributed by atoms with van der Waals surface area (Å²) in [5.41, 5.74) is -1.09. The molecule has 1 aliphatic rings. The van der Waals surface area contributed by atoms with Crippen LogP contribution in [-0.2, 0) is 9.53 Å². The van der Waals surface area contributed by atoms with Crippen molar-refractivity contribution in [3.63, 3.8) is 0 Å². The van der Waals surface area contributed by atoms with Gasteiger partial charge in [-0.3, -0.25) is 10.1 Å². The van der Waals surface area contributed by atoms with Gasteiger partial charge in [-0.15, -0.1) is 0 Å². The molecule has 1 saturated carbocycles. The maximum atomic E-state index is 12.1. The SMILES string of the molecule is CC(C)NC1(C(=O)O)CCCC(OCCC(F)(F)F)C1. The summed E-state index contributed by atoms with van der Waals surface area (Å²) < 4.78 is 41.4. The quantitative estimate of drug-likeness (QED) is 0.791. The maximum Gasteiger partial charge on any atom is 0.391 e. The zero-order valence-corrected chi connectivity index (χ0v) is 11.8. The van der Waals surface area contributed by atoms with Crippen molar-refractivity contribution in [2.24, 2.45) is 0 Å². The molecule has 0 spiro atoms. The van der Waals surface area contributed by atoms with Crippen molar-refractivity contribution < 1.29 is 27.8 Å². The van der Waals surface area contributed by atoms with Crippen LogP contribution in [0.5, 0.6) is 0 Å². The van der Waals surface area contributed by atoms with E-state index in [9.17, 15) is 23.1 Å². The molecule has 2 atom stereocenters. The summed E-state index contributed by atoms with van der Waals surface area (Å²) in [6.07, 6.45) is -3.77. The Kier molecular flexibility index (Phi) is 5.82. The fraction of sp³-hybridized carbons (Fsp3) is 0.923. The molecule has 0 aromatic rings. The number of alkyl halides is 3. The first-order chi connectivity index (χ1) is 9.15. The summed E-state index contributed by atoms with van der Waals surface area (Å²) in [7, 11) is 0. The van der Waals surface area contributed by atoms with Crippen molar-refractivity contribution in [3.8, 4) is 0 Å². The molecule has 0 saturated heterocycles. The average Bonchev–Trinajstić information content (AvgIpc) is 2.26. The van der Waals surface area contributed by atoms with Crippen molar-refractivity contribution in [2.75, 3.05) is 6.61 Å². The second-order valence-electron chi connectivity index (χ2n) is 5.64. The predicted octanol–water partition coefficient (Wildman–Crippen LogP) is 2.72. The smallest absolute Gasteiger partial charge is 0.391 e. The molecule has 4 nitrogen and oxygen atoms in total. The van der Waals surface area contributed by atoms with Crippen LogP contribution in [0.1, 0.15) is 46.0 Å². The molecule has 20 heavy (non-hydrogen) atoms. The fourth-order valence-corrected chi connectivity index (χ4v) is 2.65. The number of hydrogen-bond acceptors (Lipinski definition) is 3. The Morgan fingerprint density at radius 3 is 2.65 bits per heavy atom. The summed E-state index contributed by atoms with van der Waals surface area (Å²) in [6.45, 7) is 3.28. The van der Waals surface area contributed by atoms with E-state index in [4.69, 9.17) is 4.74 Å². The topological polar surface area (TPSA) is 58.6 Å². The van der Waals surface area contributed by atoms with Crippen LogP contribution in [0.4, 0.5) is 13.2 Å². The van der Waals surface area contributed by atoms with Gasteiger partial charge in [0.2, 0.25) is 0 Å². The average molecular weight is 297 g/mol. The number of carboxylic acid groups (broad SMARTS) is 1. The molecule has 0 radical (unpaired) electrons. The lowest BCUT2D eigenvalue weighted by molar-refractivity contribution is -0.158. The Hall–Kier alpha value is -0.820.